The summed E-state index contributed by atoms with van der Waals surface area (Å²) in [7, 11) is 0. The molecule has 0 spiro atoms. The summed E-state index contributed by atoms with van der Waals surface area (Å²) in [6.07, 6.45) is 1.87. The van der Waals surface area contributed by atoms with Crippen molar-refractivity contribution in [1.29, 1.82) is 0 Å². The van der Waals surface area contributed by atoms with Gasteiger partial charge in [0.25, 0.3) is 0 Å². The van der Waals surface area contributed by atoms with Gasteiger partial charge in [0.15, 0.2) is 17.5 Å². The number of para-hydroxylation sites is 8. The fourth-order valence-electron chi connectivity index (χ4n) is 13.2. The van der Waals surface area contributed by atoms with Gasteiger partial charge in [-0.15, -0.1) is 0 Å². The van der Waals surface area contributed by atoms with Gasteiger partial charge in [0.05, 0.1) is 44.1 Å². The largest absolute Gasteiger partial charge is 0.309 e. The summed E-state index contributed by atoms with van der Waals surface area (Å²) in [5.41, 5.74) is 18.7. The molecule has 0 aliphatic heterocycles. The van der Waals surface area contributed by atoms with Crippen LogP contribution in [0.3, 0.4) is 0 Å². The van der Waals surface area contributed by atoms with Gasteiger partial charge in [0.1, 0.15) is 0 Å². The van der Waals surface area contributed by atoms with Crippen LogP contribution < -0.4 is 0 Å². The lowest BCUT2D eigenvalue weighted by Crippen LogP contribution is -2.05. The minimum absolute atomic E-state index is 0.546. The van der Waals surface area contributed by atoms with Crippen LogP contribution in [0.15, 0.2) is 286 Å². The molecule has 0 N–H and O–H groups in total. The molecule has 0 amide bonds. The lowest BCUT2D eigenvalue weighted by Gasteiger charge is -2.17. The molecule has 84 heavy (non-hydrogen) atoms. The SMILES string of the molecule is C=Cc1ccc(-c2ccc(-c3nc(-c4cc(-n5c6ccccc6c6ccccc65)cc(-n5c6ccccc6c6ccccc65)c4)nc(-c4cc(-n5c6ccccc6c6ccccc65)cc(-n5c6ccccc6c6ccccc65)c4)n3)cc2)cc1. The second-order valence-corrected chi connectivity index (χ2v) is 21.7. The van der Waals surface area contributed by atoms with E-state index in [-0.39, 0.29) is 0 Å². The Morgan fingerprint density at radius 2 is 0.440 bits per heavy atom. The molecule has 0 radical (unpaired) electrons. The zero-order chi connectivity index (χ0) is 55.4. The fraction of sp³-hybridized carbons (Fsp3) is 0. The fourth-order valence-corrected chi connectivity index (χ4v) is 13.2. The Kier molecular flexibility index (Phi) is 10.6. The van der Waals surface area contributed by atoms with Crippen LogP contribution >= 0.6 is 0 Å². The summed E-state index contributed by atoms with van der Waals surface area (Å²) < 4.78 is 9.56. The van der Waals surface area contributed by atoms with E-state index in [9.17, 15) is 0 Å². The van der Waals surface area contributed by atoms with Gasteiger partial charge >= 0.3 is 0 Å². The van der Waals surface area contributed by atoms with E-state index in [1.807, 2.05) is 6.08 Å². The number of nitrogens with zero attached hydrogens (tertiary/aromatic N) is 7. The molecule has 0 aliphatic rings. The van der Waals surface area contributed by atoms with Crippen LogP contribution in [0.1, 0.15) is 5.56 Å². The maximum Gasteiger partial charge on any atom is 0.164 e. The second kappa shape index (κ2) is 18.8. The number of benzene rings is 12. The van der Waals surface area contributed by atoms with E-state index < -0.39 is 0 Å². The Balaban J connectivity index is 0.962. The van der Waals surface area contributed by atoms with Crippen molar-refractivity contribution in [3.63, 3.8) is 0 Å². The Morgan fingerprint density at radius 1 is 0.226 bits per heavy atom. The van der Waals surface area contributed by atoms with E-state index >= 15 is 0 Å². The number of rotatable bonds is 9. The quantitative estimate of drug-likeness (QED) is 0.145. The first-order chi connectivity index (χ1) is 41.6. The molecule has 5 aromatic heterocycles. The number of hydrogen-bond donors (Lipinski definition) is 0. The molecule has 0 saturated heterocycles. The molecule has 7 heteroatoms. The number of aromatic nitrogens is 7. The summed E-state index contributed by atoms with van der Waals surface area (Å²) in [6.45, 7) is 3.98. The average molecular weight is 1070 g/mol. The first-order valence-corrected chi connectivity index (χ1v) is 28.4. The van der Waals surface area contributed by atoms with E-state index in [4.69, 9.17) is 15.0 Å². The van der Waals surface area contributed by atoms with Gasteiger partial charge < -0.3 is 18.3 Å². The van der Waals surface area contributed by atoms with Crippen molar-refractivity contribution in [2.75, 3.05) is 0 Å². The third-order valence-electron chi connectivity index (χ3n) is 16.9. The molecule has 0 atom stereocenters. The lowest BCUT2D eigenvalue weighted by molar-refractivity contribution is 1.06. The molecule has 0 fully saturated rings. The topological polar surface area (TPSA) is 58.4 Å². The molecule has 7 nitrogen and oxygen atoms in total. The van der Waals surface area contributed by atoms with Crippen LogP contribution in [-0.2, 0) is 0 Å². The van der Waals surface area contributed by atoms with Crippen molar-refractivity contribution >= 4 is 93.3 Å². The molecule has 17 aromatic rings. The van der Waals surface area contributed by atoms with Crippen molar-refractivity contribution in [3.05, 3.63) is 291 Å². The van der Waals surface area contributed by atoms with Crippen molar-refractivity contribution in [1.82, 2.24) is 33.2 Å². The van der Waals surface area contributed by atoms with E-state index in [2.05, 4.69) is 304 Å². The van der Waals surface area contributed by atoms with Crippen LogP contribution in [-0.4, -0.2) is 33.2 Å². The highest BCUT2D eigenvalue weighted by atomic mass is 15.1. The molecule has 0 bridgehead atoms. The maximum atomic E-state index is 5.70. The van der Waals surface area contributed by atoms with Gasteiger partial charge in [-0.05, 0) is 102 Å². The van der Waals surface area contributed by atoms with Crippen molar-refractivity contribution in [2.24, 2.45) is 0 Å². The molecule has 12 aromatic carbocycles. The van der Waals surface area contributed by atoms with E-state index in [0.717, 1.165) is 100 Å². The molecular formula is C77H49N7. The smallest absolute Gasteiger partial charge is 0.164 e. The molecule has 5 heterocycles. The zero-order valence-corrected chi connectivity index (χ0v) is 45.5. The van der Waals surface area contributed by atoms with Crippen LogP contribution in [0.5, 0.6) is 0 Å². The highest BCUT2D eigenvalue weighted by molar-refractivity contribution is 6.13. The average Bonchev–Trinajstić information content (AvgIpc) is 3.81. The monoisotopic (exact) mass is 1070 g/mol. The van der Waals surface area contributed by atoms with E-state index in [0.29, 0.717) is 17.5 Å². The second-order valence-electron chi connectivity index (χ2n) is 21.7. The summed E-state index contributed by atoms with van der Waals surface area (Å²) in [5, 5.41) is 9.47. The van der Waals surface area contributed by atoms with Crippen molar-refractivity contribution < 1.29 is 0 Å². The third kappa shape index (κ3) is 7.42. The van der Waals surface area contributed by atoms with Crippen LogP contribution in [0, 0.1) is 0 Å². The Morgan fingerprint density at radius 3 is 0.690 bits per heavy atom. The predicted molar refractivity (Wildman–Crippen MR) is 349 cm³/mol. The van der Waals surface area contributed by atoms with Crippen LogP contribution in [0.4, 0.5) is 0 Å². The van der Waals surface area contributed by atoms with Crippen LogP contribution in [0.25, 0.3) is 161 Å². The Hall–Kier alpha value is -11.4. The molecule has 392 valence electrons. The number of hydrogen-bond acceptors (Lipinski definition) is 3. The van der Waals surface area contributed by atoms with Gasteiger partial charge in [0.2, 0.25) is 0 Å². The minimum Gasteiger partial charge on any atom is -0.309 e. The van der Waals surface area contributed by atoms with Crippen LogP contribution in [0.2, 0.25) is 0 Å². The van der Waals surface area contributed by atoms with Gasteiger partial charge in [-0.2, -0.15) is 0 Å². The van der Waals surface area contributed by atoms with Gasteiger partial charge in [-0.1, -0.05) is 207 Å². The Labute approximate surface area is 483 Å². The van der Waals surface area contributed by atoms with Crippen molar-refractivity contribution in [3.8, 4) is 68.0 Å². The highest BCUT2D eigenvalue weighted by Gasteiger charge is 2.23. The maximum absolute atomic E-state index is 5.70. The molecule has 0 saturated carbocycles. The van der Waals surface area contributed by atoms with E-state index in [1.54, 1.807) is 0 Å². The van der Waals surface area contributed by atoms with Crippen molar-refractivity contribution in [2.45, 2.75) is 0 Å². The minimum atomic E-state index is 0.546. The van der Waals surface area contributed by atoms with Gasteiger partial charge in [-0.3, -0.25) is 0 Å². The van der Waals surface area contributed by atoms with Gasteiger partial charge in [-0.25, -0.2) is 15.0 Å². The zero-order valence-electron chi connectivity index (χ0n) is 45.5. The summed E-state index contributed by atoms with van der Waals surface area (Å²) in [6, 6.07) is 100. The van der Waals surface area contributed by atoms with E-state index in [1.165, 1.54) is 43.1 Å². The molecule has 0 aliphatic carbocycles. The normalized spacial score (nSPS) is 11.9. The first kappa shape index (κ1) is 47.4. The third-order valence-corrected chi connectivity index (χ3v) is 16.9. The Bertz CT molecular complexity index is 4750. The lowest BCUT2D eigenvalue weighted by atomic mass is 10.0. The molecule has 17 rings (SSSR count). The summed E-state index contributed by atoms with van der Waals surface area (Å²) in [5.74, 6) is 1.65. The number of fused-ring (bicyclic) bond motifs is 12. The summed E-state index contributed by atoms with van der Waals surface area (Å²) >= 11 is 0. The molecule has 0 unspecified atom stereocenters. The predicted octanol–water partition coefficient (Wildman–Crippen LogP) is 19.6. The molecular weight excluding hydrogens is 1020 g/mol. The van der Waals surface area contributed by atoms with Gasteiger partial charge in [0, 0.05) is 82.5 Å². The first-order valence-electron chi connectivity index (χ1n) is 28.4. The highest BCUT2D eigenvalue weighted by Crippen LogP contribution is 2.41. The standard InChI is InChI=1S/C77H49N7/c1-2-49-35-37-50(38-36-49)51-39-41-52(42-40-51)75-78-76(53-43-55(81-67-27-11-3-19-59(67)60-20-4-12-28-68(60)81)47-56(44-53)82-69-29-13-5-21-61(69)62-22-6-14-30-70(62)82)80-77(79-75)54-45-57(83-71-31-15-7-23-63(71)64-24-8-16-32-72(64)83)48-58(46-54)84-73-33-17-9-25-65(73)66-26-10-18-34-74(66)84/h2-48H,1H2. The summed E-state index contributed by atoms with van der Waals surface area (Å²) in [4.78, 5) is 16.8.